The lowest BCUT2D eigenvalue weighted by Crippen LogP contribution is -2.17. The van der Waals surface area contributed by atoms with Crippen LogP contribution in [0.1, 0.15) is 19.3 Å². The molecule has 1 aliphatic carbocycles. The van der Waals surface area contributed by atoms with Crippen molar-refractivity contribution in [2.24, 2.45) is 5.92 Å². The number of carboxylic acids is 1. The number of aromatic nitrogens is 1. The minimum Gasteiger partial charge on any atom is -0.481 e. The number of rotatable bonds is 3. The molecule has 0 spiro atoms. The van der Waals surface area contributed by atoms with Gasteiger partial charge in [0.2, 0.25) is 0 Å². The van der Waals surface area contributed by atoms with Crippen LogP contribution >= 0.6 is 0 Å². The Kier molecular flexibility index (Phi) is 2.85. The molecule has 4 heteroatoms. The molecular weight excluding hydrogens is 192 g/mol. The zero-order valence-corrected chi connectivity index (χ0v) is 8.39. The Morgan fingerprint density at radius 3 is 2.73 bits per heavy atom. The molecule has 0 aliphatic heterocycles. The number of carbonyl (C=O) groups is 1. The molecule has 1 fully saturated rings. The van der Waals surface area contributed by atoms with Crippen molar-refractivity contribution in [2.75, 3.05) is 5.32 Å². The van der Waals surface area contributed by atoms with Gasteiger partial charge in [0.05, 0.1) is 5.92 Å². The van der Waals surface area contributed by atoms with Gasteiger partial charge in [-0.2, -0.15) is 0 Å². The zero-order chi connectivity index (χ0) is 10.7. The minimum absolute atomic E-state index is 0.177. The van der Waals surface area contributed by atoms with E-state index in [9.17, 15) is 4.79 Å². The van der Waals surface area contributed by atoms with Gasteiger partial charge in [0.1, 0.15) is 0 Å². The van der Waals surface area contributed by atoms with E-state index in [2.05, 4.69) is 10.3 Å². The van der Waals surface area contributed by atoms with E-state index in [0.717, 1.165) is 24.9 Å². The van der Waals surface area contributed by atoms with Crippen LogP contribution in [0.3, 0.4) is 0 Å². The van der Waals surface area contributed by atoms with Crippen LogP contribution in [0.5, 0.6) is 0 Å². The highest BCUT2D eigenvalue weighted by molar-refractivity contribution is 5.70. The highest BCUT2D eigenvalue weighted by Gasteiger charge is 2.29. The third-order valence-electron chi connectivity index (χ3n) is 2.83. The Morgan fingerprint density at radius 1 is 1.40 bits per heavy atom. The van der Waals surface area contributed by atoms with Gasteiger partial charge >= 0.3 is 5.97 Å². The summed E-state index contributed by atoms with van der Waals surface area (Å²) >= 11 is 0. The largest absolute Gasteiger partial charge is 0.481 e. The summed E-state index contributed by atoms with van der Waals surface area (Å²) in [5, 5.41) is 12.2. The Hall–Kier alpha value is -1.58. The molecule has 1 aromatic heterocycles. The van der Waals surface area contributed by atoms with Crippen LogP contribution in [-0.2, 0) is 4.79 Å². The molecule has 0 amide bonds. The van der Waals surface area contributed by atoms with Crippen molar-refractivity contribution >= 4 is 11.7 Å². The molecule has 2 rings (SSSR count). The first-order valence-corrected chi connectivity index (χ1v) is 5.15. The van der Waals surface area contributed by atoms with Gasteiger partial charge in [-0.25, -0.2) is 0 Å². The molecule has 0 radical (unpaired) electrons. The predicted molar refractivity (Wildman–Crippen MR) is 56.6 cm³/mol. The van der Waals surface area contributed by atoms with Crippen LogP contribution in [-0.4, -0.2) is 22.1 Å². The fourth-order valence-corrected chi connectivity index (χ4v) is 2.02. The van der Waals surface area contributed by atoms with Crippen molar-refractivity contribution in [1.82, 2.24) is 4.98 Å². The smallest absolute Gasteiger partial charge is 0.306 e. The first-order valence-electron chi connectivity index (χ1n) is 5.15. The highest BCUT2D eigenvalue weighted by atomic mass is 16.4. The Morgan fingerprint density at radius 2 is 2.13 bits per heavy atom. The van der Waals surface area contributed by atoms with Crippen LogP contribution in [0.15, 0.2) is 24.5 Å². The summed E-state index contributed by atoms with van der Waals surface area (Å²) in [5.41, 5.74) is 1.01. The normalized spacial score (nSPS) is 25.1. The average Bonchev–Trinajstić information content (AvgIpc) is 2.68. The molecule has 15 heavy (non-hydrogen) atoms. The fourth-order valence-electron chi connectivity index (χ4n) is 2.02. The summed E-state index contributed by atoms with van der Waals surface area (Å²) in [7, 11) is 0. The van der Waals surface area contributed by atoms with E-state index in [1.54, 1.807) is 12.4 Å². The lowest BCUT2D eigenvalue weighted by atomic mass is 10.1. The van der Waals surface area contributed by atoms with Crippen LogP contribution in [0.4, 0.5) is 5.69 Å². The number of nitrogens with zero attached hydrogens (tertiary/aromatic N) is 1. The van der Waals surface area contributed by atoms with Crippen molar-refractivity contribution in [3.05, 3.63) is 24.5 Å². The van der Waals surface area contributed by atoms with Gasteiger partial charge in [-0.05, 0) is 31.4 Å². The summed E-state index contributed by atoms with van der Waals surface area (Å²) in [6, 6.07) is 4.08. The van der Waals surface area contributed by atoms with E-state index in [0.29, 0.717) is 0 Å². The van der Waals surface area contributed by atoms with Crippen LogP contribution in [0.25, 0.3) is 0 Å². The van der Waals surface area contributed by atoms with E-state index >= 15 is 0 Å². The van der Waals surface area contributed by atoms with Gasteiger partial charge in [0.15, 0.2) is 0 Å². The second-order valence-electron chi connectivity index (χ2n) is 3.93. The van der Waals surface area contributed by atoms with Crippen molar-refractivity contribution in [3.63, 3.8) is 0 Å². The number of aliphatic carboxylic acids is 1. The molecule has 0 saturated heterocycles. The van der Waals surface area contributed by atoms with Gasteiger partial charge < -0.3 is 10.4 Å². The topological polar surface area (TPSA) is 62.2 Å². The Bertz CT molecular complexity index is 340. The summed E-state index contributed by atoms with van der Waals surface area (Å²) in [6.07, 6.45) is 5.88. The summed E-state index contributed by atoms with van der Waals surface area (Å²) < 4.78 is 0. The van der Waals surface area contributed by atoms with E-state index in [-0.39, 0.29) is 12.0 Å². The molecule has 1 aromatic rings. The van der Waals surface area contributed by atoms with Gasteiger partial charge in [0.25, 0.3) is 0 Å². The number of carboxylic acid groups (broad SMARTS) is 1. The van der Waals surface area contributed by atoms with Gasteiger partial charge in [-0.3, -0.25) is 9.78 Å². The standard InChI is InChI=1S/C11H14N2O2/c14-11(15)8-1-2-10(7-8)13-9-3-5-12-6-4-9/h3-6,8,10H,1-2,7H2,(H,12,13)(H,14,15). The molecule has 0 bridgehead atoms. The number of pyridine rings is 1. The number of nitrogens with one attached hydrogen (secondary N) is 1. The molecule has 80 valence electrons. The number of anilines is 1. The Balaban J connectivity index is 1.90. The second kappa shape index (κ2) is 4.29. The molecule has 1 heterocycles. The maximum Gasteiger partial charge on any atom is 0.306 e. The first-order chi connectivity index (χ1) is 7.25. The summed E-state index contributed by atoms with van der Waals surface area (Å²) in [6.45, 7) is 0. The molecule has 1 saturated carbocycles. The third kappa shape index (κ3) is 2.46. The fraction of sp³-hybridized carbons (Fsp3) is 0.455. The summed E-state index contributed by atoms with van der Waals surface area (Å²) in [5.74, 6) is -0.849. The van der Waals surface area contributed by atoms with Crippen LogP contribution in [0, 0.1) is 5.92 Å². The van der Waals surface area contributed by atoms with E-state index in [1.807, 2.05) is 12.1 Å². The summed E-state index contributed by atoms with van der Waals surface area (Å²) in [4.78, 5) is 14.7. The molecule has 4 nitrogen and oxygen atoms in total. The highest BCUT2D eigenvalue weighted by Crippen LogP contribution is 2.27. The third-order valence-corrected chi connectivity index (χ3v) is 2.83. The number of hydrogen-bond acceptors (Lipinski definition) is 3. The first kappa shape index (κ1) is 9.96. The quantitative estimate of drug-likeness (QED) is 0.790. The van der Waals surface area contributed by atoms with Crippen molar-refractivity contribution < 1.29 is 9.90 Å². The predicted octanol–water partition coefficient (Wildman–Crippen LogP) is 1.75. The molecule has 0 aromatic carbocycles. The van der Waals surface area contributed by atoms with Crippen LogP contribution < -0.4 is 5.32 Å². The van der Waals surface area contributed by atoms with E-state index in [1.165, 1.54) is 0 Å². The lowest BCUT2D eigenvalue weighted by Gasteiger charge is -2.13. The van der Waals surface area contributed by atoms with Gasteiger partial charge in [-0.1, -0.05) is 0 Å². The maximum absolute atomic E-state index is 10.8. The molecular formula is C11H14N2O2. The Labute approximate surface area is 88.3 Å². The van der Waals surface area contributed by atoms with Crippen LogP contribution in [0.2, 0.25) is 0 Å². The maximum atomic E-state index is 10.8. The lowest BCUT2D eigenvalue weighted by molar-refractivity contribution is -0.141. The molecule has 2 N–H and O–H groups in total. The number of hydrogen-bond donors (Lipinski definition) is 2. The monoisotopic (exact) mass is 206 g/mol. The average molecular weight is 206 g/mol. The minimum atomic E-state index is -0.672. The zero-order valence-electron chi connectivity index (χ0n) is 8.39. The second-order valence-corrected chi connectivity index (χ2v) is 3.93. The van der Waals surface area contributed by atoms with Gasteiger partial charge in [0, 0.05) is 24.1 Å². The van der Waals surface area contributed by atoms with Gasteiger partial charge in [-0.15, -0.1) is 0 Å². The van der Waals surface area contributed by atoms with E-state index < -0.39 is 5.97 Å². The van der Waals surface area contributed by atoms with Crippen molar-refractivity contribution in [2.45, 2.75) is 25.3 Å². The molecule has 2 atom stereocenters. The molecule has 2 unspecified atom stereocenters. The SMILES string of the molecule is O=C(O)C1CCC(Nc2ccncc2)C1. The van der Waals surface area contributed by atoms with Crippen molar-refractivity contribution in [3.8, 4) is 0 Å². The van der Waals surface area contributed by atoms with E-state index in [4.69, 9.17) is 5.11 Å². The van der Waals surface area contributed by atoms with Crippen molar-refractivity contribution in [1.29, 1.82) is 0 Å². The molecule has 1 aliphatic rings.